The number of carbonyl (C=O) groups excluding carboxylic acids is 1. The Labute approximate surface area is 179 Å². The number of benzene rings is 2. The Kier molecular flexibility index (Phi) is 6.87. The quantitative estimate of drug-likeness (QED) is 0.768. The molecule has 6 heteroatoms. The molecule has 0 aliphatic carbocycles. The van der Waals surface area contributed by atoms with Crippen LogP contribution in [0.1, 0.15) is 18.4 Å². The van der Waals surface area contributed by atoms with Gasteiger partial charge in [0.05, 0.1) is 6.54 Å². The number of likely N-dealkylation sites (tertiary alicyclic amines) is 1. The van der Waals surface area contributed by atoms with Gasteiger partial charge in [0.25, 0.3) is 0 Å². The fraction of sp³-hybridized carbons (Fsp3) is 0.458. The predicted octanol–water partition coefficient (Wildman–Crippen LogP) is 2.29. The standard InChI is InChI=1S/C24H32N4O2/c29-23-8-6-22(7-9-23)28-16-14-27(15-17-28)19-24(30)25-21-10-12-26(13-11-21)18-20-4-2-1-3-5-20/h1-9,21,29H,10-19H2,(H,25,30). The Morgan fingerprint density at radius 3 is 2.20 bits per heavy atom. The minimum absolute atomic E-state index is 0.148. The van der Waals surface area contributed by atoms with E-state index in [1.165, 1.54) is 5.56 Å². The highest BCUT2D eigenvalue weighted by atomic mass is 16.3. The second-order valence-corrected chi connectivity index (χ2v) is 8.38. The first-order valence-electron chi connectivity index (χ1n) is 11.0. The highest BCUT2D eigenvalue weighted by molar-refractivity contribution is 5.78. The van der Waals surface area contributed by atoms with Crippen LogP contribution in [0.5, 0.6) is 5.75 Å². The van der Waals surface area contributed by atoms with Crippen LogP contribution in [0.3, 0.4) is 0 Å². The van der Waals surface area contributed by atoms with Crippen LogP contribution in [0.25, 0.3) is 0 Å². The van der Waals surface area contributed by atoms with E-state index in [0.717, 1.165) is 64.3 Å². The number of anilines is 1. The molecule has 2 fully saturated rings. The third kappa shape index (κ3) is 5.74. The Balaban J connectivity index is 1.15. The maximum Gasteiger partial charge on any atom is 0.234 e. The lowest BCUT2D eigenvalue weighted by Crippen LogP contribution is -2.51. The summed E-state index contributed by atoms with van der Waals surface area (Å²) in [6.45, 7) is 7.09. The summed E-state index contributed by atoms with van der Waals surface area (Å²) in [6.07, 6.45) is 2.04. The topological polar surface area (TPSA) is 59.1 Å². The third-order valence-corrected chi connectivity index (χ3v) is 6.16. The van der Waals surface area contributed by atoms with Crippen LogP contribution in [0.4, 0.5) is 5.69 Å². The maximum absolute atomic E-state index is 12.5. The van der Waals surface area contributed by atoms with E-state index >= 15 is 0 Å². The Bertz CT molecular complexity index is 796. The van der Waals surface area contributed by atoms with Crippen LogP contribution in [0.15, 0.2) is 54.6 Å². The molecule has 2 aliphatic rings. The van der Waals surface area contributed by atoms with Crippen molar-refractivity contribution in [1.29, 1.82) is 0 Å². The maximum atomic E-state index is 12.5. The number of phenols is 1. The zero-order valence-electron chi connectivity index (χ0n) is 17.5. The van der Waals surface area contributed by atoms with Crippen molar-refractivity contribution in [2.75, 3.05) is 50.7 Å². The molecule has 30 heavy (non-hydrogen) atoms. The summed E-state index contributed by atoms with van der Waals surface area (Å²) >= 11 is 0. The highest BCUT2D eigenvalue weighted by Crippen LogP contribution is 2.20. The van der Waals surface area contributed by atoms with Crippen LogP contribution < -0.4 is 10.2 Å². The van der Waals surface area contributed by atoms with Crippen LogP contribution in [0.2, 0.25) is 0 Å². The SMILES string of the molecule is O=C(CN1CCN(c2ccc(O)cc2)CC1)NC1CCN(Cc2ccccc2)CC1. The number of rotatable bonds is 6. The van der Waals surface area contributed by atoms with Crippen molar-refractivity contribution in [2.45, 2.75) is 25.4 Å². The molecule has 0 aromatic heterocycles. The number of phenolic OH excluding ortho intramolecular Hbond substituents is 1. The van der Waals surface area contributed by atoms with Crippen molar-refractivity contribution in [3.63, 3.8) is 0 Å². The molecule has 0 unspecified atom stereocenters. The van der Waals surface area contributed by atoms with Gasteiger partial charge in [-0.2, -0.15) is 0 Å². The fourth-order valence-corrected chi connectivity index (χ4v) is 4.38. The normalized spacial score (nSPS) is 19.0. The third-order valence-electron chi connectivity index (χ3n) is 6.16. The second-order valence-electron chi connectivity index (χ2n) is 8.38. The molecular weight excluding hydrogens is 376 g/mol. The summed E-state index contributed by atoms with van der Waals surface area (Å²) in [5.41, 5.74) is 2.48. The van der Waals surface area contributed by atoms with Crippen LogP contribution in [-0.4, -0.2) is 72.7 Å². The number of aromatic hydroxyl groups is 1. The van der Waals surface area contributed by atoms with Crippen molar-refractivity contribution in [3.05, 3.63) is 60.2 Å². The molecule has 2 heterocycles. The molecule has 6 nitrogen and oxygen atoms in total. The van der Waals surface area contributed by atoms with E-state index in [0.29, 0.717) is 18.3 Å². The number of carbonyl (C=O) groups is 1. The molecule has 2 N–H and O–H groups in total. The minimum Gasteiger partial charge on any atom is -0.508 e. The van der Waals surface area contributed by atoms with Gasteiger partial charge in [-0.15, -0.1) is 0 Å². The molecular formula is C24H32N4O2. The summed E-state index contributed by atoms with van der Waals surface area (Å²) in [4.78, 5) is 19.5. The molecule has 0 spiro atoms. The first kappa shape index (κ1) is 20.7. The zero-order chi connectivity index (χ0) is 20.8. The number of nitrogens with zero attached hydrogens (tertiary/aromatic N) is 3. The summed E-state index contributed by atoms with van der Waals surface area (Å²) in [7, 11) is 0. The van der Waals surface area contributed by atoms with E-state index in [2.05, 4.69) is 50.3 Å². The molecule has 2 saturated heterocycles. The smallest absolute Gasteiger partial charge is 0.234 e. The summed E-state index contributed by atoms with van der Waals surface area (Å²) < 4.78 is 0. The first-order valence-corrected chi connectivity index (χ1v) is 11.0. The van der Waals surface area contributed by atoms with Crippen molar-refractivity contribution in [1.82, 2.24) is 15.1 Å². The van der Waals surface area contributed by atoms with E-state index < -0.39 is 0 Å². The summed E-state index contributed by atoms with van der Waals surface area (Å²) in [5.74, 6) is 0.439. The van der Waals surface area contributed by atoms with Gasteiger partial charge >= 0.3 is 0 Å². The fourth-order valence-electron chi connectivity index (χ4n) is 4.38. The lowest BCUT2D eigenvalue weighted by molar-refractivity contribution is -0.123. The largest absolute Gasteiger partial charge is 0.508 e. The van der Waals surface area contributed by atoms with Gasteiger partial charge < -0.3 is 15.3 Å². The lowest BCUT2D eigenvalue weighted by Gasteiger charge is -2.36. The van der Waals surface area contributed by atoms with Crippen LogP contribution >= 0.6 is 0 Å². The number of hydrogen-bond donors (Lipinski definition) is 2. The van der Waals surface area contributed by atoms with Crippen molar-refractivity contribution in [3.8, 4) is 5.75 Å². The van der Waals surface area contributed by atoms with Gasteiger partial charge in [-0.3, -0.25) is 14.6 Å². The zero-order valence-corrected chi connectivity index (χ0v) is 17.5. The second kappa shape index (κ2) is 9.96. The summed E-state index contributed by atoms with van der Waals surface area (Å²) in [5, 5.41) is 12.7. The molecule has 0 saturated carbocycles. The first-order chi connectivity index (χ1) is 14.7. The molecule has 2 aromatic carbocycles. The molecule has 1 amide bonds. The van der Waals surface area contributed by atoms with E-state index in [4.69, 9.17) is 0 Å². The van der Waals surface area contributed by atoms with Gasteiger partial charge in [0.2, 0.25) is 5.91 Å². The van der Waals surface area contributed by atoms with Gasteiger partial charge in [0.15, 0.2) is 0 Å². The van der Waals surface area contributed by atoms with Crippen molar-refractivity contribution in [2.24, 2.45) is 0 Å². The number of nitrogens with one attached hydrogen (secondary N) is 1. The average Bonchev–Trinajstić information content (AvgIpc) is 2.77. The van der Waals surface area contributed by atoms with Gasteiger partial charge in [-0.1, -0.05) is 30.3 Å². The van der Waals surface area contributed by atoms with Crippen LogP contribution in [-0.2, 0) is 11.3 Å². The highest BCUT2D eigenvalue weighted by Gasteiger charge is 2.23. The van der Waals surface area contributed by atoms with Gasteiger partial charge in [0, 0.05) is 57.5 Å². The molecule has 0 atom stereocenters. The number of piperazine rings is 1. The predicted molar refractivity (Wildman–Crippen MR) is 120 cm³/mol. The molecule has 0 radical (unpaired) electrons. The summed E-state index contributed by atoms with van der Waals surface area (Å²) in [6, 6.07) is 18.2. The number of amides is 1. The van der Waals surface area contributed by atoms with Crippen molar-refractivity contribution < 1.29 is 9.90 Å². The Hall–Kier alpha value is -2.57. The van der Waals surface area contributed by atoms with E-state index in [9.17, 15) is 9.90 Å². The number of hydrogen-bond acceptors (Lipinski definition) is 5. The van der Waals surface area contributed by atoms with Gasteiger partial charge in [-0.05, 0) is 42.7 Å². The molecule has 2 aliphatic heterocycles. The molecule has 160 valence electrons. The van der Waals surface area contributed by atoms with E-state index in [1.54, 1.807) is 12.1 Å². The number of piperidine rings is 1. The van der Waals surface area contributed by atoms with Gasteiger partial charge in [-0.25, -0.2) is 0 Å². The molecule has 2 aromatic rings. The Morgan fingerprint density at radius 2 is 1.53 bits per heavy atom. The monoisotopic (exact) mass is 408 g/mol. The minimum atomic E-state index is 0.148. The molecule has 4 rings (SSSR count). The van der Waals surface area contributed by atoms with Gasteiger partial charge in [0.1, 0.15) is 5.75 Å². The molecule has 0 bridgehead atoms. The lowest BCUT2D eigenvalue weighted by atomic mass is 10.0. The Morgan fingerprint density at radius 1 is 0.867 bits per heavy atom. The van der Waals surface area contributed by atoms with E-state index in [1.807, 2.05) is 12.1 Å². The average molecular weight is 409 g/mol. The van der Waals surface area contributed by atoms with Crippen molar-refractivity contribution >= 4 is 11.6 Å². The van der Waals surface area contributed by atoms with E-state index in [-0.39, 0.29) is 5.91 Å². The van der Waals surface area contributed by atoms with Crippen LogP contribution in [0, 0.1) is 0 Å².